The van der Waals surface area contributed by atoms with Crippen molar-refractivity contribution in [2.75, 3.05) is 5.32 Å². The summed E-state index contributed by atoms with van der Waals surface area (Å²) in [5.74, 6) is -0.558. The molecule has 0 radical (unpaired) electrons. The lowest BCUT2D eigenvalue weighted by molar-refractivity contribution is -0.136. The molecule has 8 heteroatoms. The number of alkyl halides is 3. The molecule has 0 aliphatic heterocycles. The number of amides is 1. The van der Waals surface area contributed by atoms with Crippen LogP contribution in [-0.4, -0.2) is 5.91 Å². The fourth-order valence-corrected chi connectivity index (χ4v) is 3.17. The average Bonchev–Trinajstić information content (AvgIpc) is 2.77. The van der Waals surface area contributed by atoms with E-state index in [0.29, 0.717) is 10.0 Å². The Hall–Kier alpha value is -0.610. The van der Waals surface area contributed by atoms with Crippen molar-refractivity contribution in [2.24, 2.45) is 0 Å². The summed E-state index contributed by atoms with van der Waals surface area (Å²) in [6.07, 6.45) is -4.53. The minimum atomic E-state index is -4.53. The Morgan fingerprint density at radius 2 is 2.00 bits per heavy atom. The third-order valence-electron chi connectivity index (χ3n) is 2.36. The number of benzene rings is 1. The van der Waals surface area contributed by atoms with E-state index in [1.54, 1.807) is 11.4 Å². The Morgan fingerprint density at radius 3 is 2.55 bits per heavy atom. The number of halogens is 5. The monoisotopic (exact) mass is 475 g/mol. The summed E-state index contributed by atoms with van der Waals surface area (Å²) in [6, 6.07) is 5.23. The van der Waals surface area contributed by atoms with Crippen LogP contribution in [0.1, 0.15) is 15.9 Å². The average molecular weight is 476 g/mol. The molecule has 1 aromatic heterocycles. The topological polar surface area (TPSA) is 29.1 Å². The van der Waals surface area contributed by atoms with Crippen LogP contribution in [0.2, 0.25) is 0 Å². The Balaban J connectivity index is 2.32. The molecule has 0 aliphatic rings. The summed E-state index contributed by atoms with van der Waals surface area (Å²) in [5, 5.41) is 3.90. The maximum Gasteiger partial charge on any atom is 0.418 e. The van der Waals surface area contributed by atoms with Crippen molar-refractivity contribution >= 4 is 61.5 Å². The molecule has 1 aromatic carbocycles. The van der Waals surface area contributed by atoms with Gasteiger partial charge < -0.3 is 5.32 Å². The molecule has 20 heavy (non-hydrogen) atoms. The van der Waals surface area contributed by atoms with Gasteiger partial charge in [-0.2, -0.15) is 13.2 Å². The molecule has 1 amide bonds. The molecule has 0 bridgehead atoms. The number of thiophene rings is 1. The summed E-state index contributed by atoms with van der Waals surface area (Å²) < 4.78 is 39.9. The van der Waals surface area contributed by atoms with Gasteiger partial charge in [-0.25, -0.2) is 0 Å². The first-order valence-corrected chi connectivity index (χ1v) is 7.94. The first-order valence-electron chi connectivity index (χ1n) is 5.19. The molecule has 0 unspecified atom stereocenters. The molecule has 0 saturated carbocycles. The minimum absolute atomic E-state index is 0.257. The number of hydrogen-bond donors (Lipinski definition) is 1. The molecule has 2 aromatic rings. The van der Waals surface area contributed by atoms with Crippen LogP contribution in [0.15, 0.2) is 34.1 Å². The van der Waals surface area contributed by atoms with E-state index in [1.165, 1.54) is 23.5 Å². The van der Waals surface area contributed by atoms with Crippen LogP contribution in [0, 0.1) is 2.88 Å². The maximum absolute atomic E-state index is 12.9. The molecule has 0 aliphatic carbocycles. The van der Waals surface area contributed by atoms with Crippen molar-refractivity contribution in [1.29, 1.82) is 0 Å². The van der Waals surface area contributed by atoms with Crippen LogP contribution in [-0.2, 0) is 6.18 Å². The summed E-state index contributed by atoms with van der Waals surface area (Å²) in [4.78, 5) is 11.9. The normalized spacial score (nSPS) is 11.4. The second kappa shape index (κ2) is 6.02. The smallest absolute Gasteiger partial charge is 0.321 e. The molecule has 1 N–H and O–H groups in total. The van der Waals surface area contributed by atoms with E-state index in [9.17, 15) is 18.0 Å². The van der Waals surface area contributed by atoms with Gasteiger partial charge in [0.15, 0.2) is 0 Å². The Morgan fingerprint density at radius 1 is 1.30 bits per heavy atom. The highest BCUT2D eigenvalue weighted by Gasteiger charge is 2.34. The lowest BCUT2D eigenvalue weighted by Gasteiger charge is -2.13. The molecule has 2 nitrogen and oxygen atoms in total. The van der Waals surface area contributed by atoms with Gasteiger partial charge in [-0.3, -0.25) is 4.79 Å². The van der Waals surface area contributed by atoms with E-state index in [0.717, 1.165) is 8.95 Å². The van der Waals surface area contributed by atoms with Crippen molar-refractivity contribution in [3.63, 3.8) is 0 Å². The largest absolute Gasteiger partial charge is 0.418 e. The molecule has 2 rings (SSSR count). The predicted octanol–water partition coefficient (Wildman–Crippen LogP) is 5.39. The van der Waals surface area contributed by atoms with Gasteiger partial charge in [-0.05, 0) is 46.9 Å². The van der Waals surface area contributed by atoms with Crippen LogP contribution >= 0.6 is 49.9 Å². The van der Waals surface area contributed by atoms with Gasteiger partial charge in [0.2, 0.25) is 0 Å². The quantitative estimate of drug-likeness (QED) is 0.580. The Bertz CT molecular complexity index is 656. The molecule has 0 saturated heterocycles. The Labute approximate surface area is 138 Å². The van der Waals surface area contributed by atoms with E-state index in [1.807, 2.05) is 22.6 Å². The van der Waals surface area contributed by atoms with Crippen LogP contribution in [0.4, 0.5) is 18.9 Å². The van der Waals surface area contributed by atoms with E-state index < -0.39 is 17.6 Å². The van der Waals surface area contributed by atoms with Crippen LogP contribution in [0.25, 0.3) is 0 Å². The van der Waals surface area contributed by atoms with Crippen LogP contribution in [0.3, 0.4) is 0 Å². The van der Waals surface area contributed by atoms with Gasteiger partial charge in [-0.1, -0.05) is 15.9 Å². The molecular formula is C12H6BrF3INOS. The third-order valence-corrected chi connectivity index (χ3v) is 4.65. The maximum atomic E-state index is 12.9. The summed E-state index contributed by atoms with van der Waals surface area (Å²) >= 11 is 6.38. The van der Waals surface area contributed by atoms with E-state index in [4.69, 9.17) is 0 Å². The highest BCUT2D eigenvalue weighted by atomic mass is 127. The van der Waals surface area contributed by atoms with Gasteiger partial charge in [0.25, 0.3) is 5.91 Å². The predicted molar refractivity (Wildman–Crippen MR) is 84.1 cm³/mol. The highest BCUT2D eigenvalue weighted by molar-refractivity contribution is 14.1. The number of nitrogens with one attached hydrogen (secondary N) is 1. The Kier molecular flexibility index (Phi) is 4.75. The zero-order valence-electron chi connectivity index (χ0n) is 9.59. The van der Waals surface area contributed by atoms with Crippen molar-refractivity contribution in [3.05, 3.63) is 48.1 Å². The summed E-state index contributed by atoms with van der Waals surface area (Å²) in [7, 11) is 0. The number of anilines is 1. The first kappa shape index (κ1) is 15.8. The SMILES string of the molecule is O=C(Nc1ccc(Br)cc1C(F)(F)F)c1csc(I)c1. The van der Waals surface area contributed by atoms with Crippen LogP contribution in [0.5, 0.6) is 0 Å². The fraction of sp³-hybridized carbons (Fsp3) is 0.0833. The molecular weight excluding hydrogens is 470 g/mol. The van der Waals surface area contributed by atoms with E-state index >= 15 is 0 Å². The molecule has 0 atom stereocenters. The fourth-order valence-electron chi connectivity index (χ4n) is 1.48. The van der Waals surface area contributed by atoms with Crippen molar-refractivity contribution in [2.45, 2.75) is 6.18 Å². The second-order valence-electron chi connectivity index (χ2n) is 3.78. The summed E-state index contributed by atoms with van der Waals surface area (Å²) in [6.45, 7) is 0. The second-order valence-corrected chi connectivity index (χ2v) is 7.50. The standard InChI is InChI=1S/C12H6BrF3INOS/c13-7-1-2-9(8(4-7)12(14,15)16)18-11(19)6-3-10(17)20-5-6/h1-5H,(H,18,19). The lowest BCUT2D eigenvalue weighted by Crippen LogP contribution is -2.16. The molecule has 106 valence electrons. The number of rotatable bonds is 2. The van der Waals surface area contributed by atoms with Crippen molar-refractivity contribution in [1.82, 2.24) is 0 Å². The summed E-state index contributed by atoms with van der Waals surface area (Å²) in [5.41, 5.74) is -0.799. The van der Waals surface area contributed by atoms with E-state index in [2.05, 4.69) is 21.2 Å². The zero-order chi connectivity index (χ0) is 14.9. The molecule has 1 heterocycles. The zero-order valence-corrected chi connectivity index (χ0v) is 14.2. The highest BCUT2D eigenvalue weighted by Crippen LogP contribution is 2.36. The van der Waals surface area contributed by atoms with Crippen LogP contribution < -0.4 is 5.32 Å². The molecule has 0 fully saturated rings. The molecule has 0 spiro atoms. The lowest BCUT2D eigenvalue weighted by atomic mass is 10.1. The van der Waals surface area contributed by atoms with E-state index in [-0.39, 0.29) is 5.69 Å². The third kappa shape index (κ3) is 3.73. The number of carbonyl (C=O) groups excluding carboxylic acids is 1. The van der Waals surface area contributed by atoms with Gasteiger partial charge in [0.05, 0.1) is 19.7 Å². The number of hydrogen-bond acceptors (Lipinski definition) is 2. The van der Waals surface area contributed by atoms with Crippen molar-refractivity contribution in [3.8, 4) is 0 Å². The van der Waals surface area contributed by atoms with Gasteiger partial charge in [0.1, 0.15) is 0 Å². The van der Waals surface area contributed by atoms with Gasteiger partial charge in [-0.15, -0.1) is 11.3 Å². The first-order chi connectivity index (χ1) is 9.27. The van der Waals surface area contributed by atoms with Gasteiger partial charge >= 0.3 is 6.18 Å². The minimum Gasteiger partial charge on any atom is -0.321 e. The van der Waals surface area contributed by atoms with Gasteiger partial charge in [0, 0.05) is 9.85 Å². The number of carbonyl (C=O) groups is 1. The van der Waals surface area contributed by atoms with Crippen molar-refractivity contribution < 1.29 is 18.0 Å².